The molecule has 5 nitrogen and oxygen atoms in total. The van der Waals surface area contributed by atoms with Gasteiger partial charge < -0.3 is 9.47 Å². The van der Waals surface area contributed by atoms with E-state index in [1.165, 1.54) is 14.2 Å². The summed E-state index contributed by atoms with van der Waals surface area (Å²) in [6.45, 7) is 0. The van der Waals surface area contributed by atoms with Gasteiger partial charge in [0.2, 0.25) is 0 Å². The number of carbonyl (C=O) groups excluding carboxylic acids is 2. The lowest BCUT2D eigenvalue weighted by Crippen LogP contribution is -2.07. The Morgan fingerprint density at radius 3 is 1.93 bits per heavy atom. The summed E-state index contributed by atoms with van der Waals surface area (Å²) in [6.07, 6.45) is 1.01. The van der Waals surface area contributed by atoms with E-state index in [1.807, 2.05) is 0 Å². The minimum atomic E-state index is -0.490. The van der Waals surface area contributed by atoms with Crippen molar-refractivity contribution in [3.63, 3.8) is 0 Å². The fourth-order valence-electron chi connectivity index (χ4n) is 0.771. The number of hydrogen-bond acceptors (Lipinski definition) is 5. The van der Waals surface area contributed by atoms with E-state index in [0.29, 0.717) is 5.57 Å². The van der Waals surface area contributed by atoms with Crippen LogP contribution in [-0.4, -0.2) is 26.2 Å². The second-order valence-electron chi connectivity index (χ2n) is 2.44. The van der Waals surface area contributed by atoms with Gasteiger partial charge in [0.05, 0.1) is 33.1 Å². The summed E-state index contributed by atoms with van der Waals surface area (Å²) < 4.78 is 8.80. The van der Waals surface area contributed by atoms with Crippen LogP contribution in [0.15, 0.2) is 11.6 Å². The Labute approximate surface area is 81.9 Å². The molecule has 0 rings (SSSR count). The SMILES string of the molecule is COC(=O)CC(=CC#N)CC(=O)OC. The van der Waals surface area contributed by atoms with Crippen molar-refractivity contribution < 1.29 is 19.1 Å². The Morgan fingerprint density at radius 2 is 1.64 bits per heavy atom. The van der Waals surface area contributed by atoms with Gasteiger partial charge in [0.1, 0.15) is 0 Å². The molecule has 0 saturated heterocycles. The minimum absolute atomic E-state index is 0.0703. The van der Waals surface area contributed by atoms with Gasteiger partial charge >= 0.3 is 11.9 Å². The number of nitriles is 1. The molecular weight excluding hydrogens is 186 g/mol. The molecule has 0 fully saturated rings. The highest BCUT2D eigenvalue weighted by Crippen LogP contribution is 2.08. The average Bonchev–Trinajstić information content (AvgIpc) is 2.17. The molecule has 0 unspecified atom stereocenters. The molecule has 0 aromatic carbocycles. The predicted molar refractivity (Wildman–Crippen MR) is 47.0 cm³/mol. The van der Waals surface area contributed by atoms with Crippen LogP contribution in [-0.2, 0) is 19.1 Å². The first-order valence-corrected chi connectivity index (χ1v) is 3.85. The van der Waals surface area contributed by atoms with E-state index in [2.05, 4.69) is 9.47 Å². The maximum atomic E-state index is 10.8. The van der Waals surface area contributed by atoms with Crippen LogP contribution in [0.5, 0.6) is 0 Å². The van der Waals surface area contributed by atoms with Crippen LogP contribution in [0.3, 0.4) is 0 Å². The Morgan fingerprint density at radius 1 is 1.21 bits per heavy atom. The fourth-order valence-corrected chi connectivity index (χ4v) is 0.771. The third kappa shape index (κ3) is 4.93. The monoisotopic (exact) mass is 197 g/mol. The standard InChI is InChI=1S/C9H11NO4/c1-13-8(11)5-7(3-4-10)6-9(12)14-2/h3H,5-6H2,1-2H3. The molecule has 0 aliphatic rings. The topological polar surface area (TPSA) is 76.4 Å². The van der Waals surface area contributed by atoms with E-state index in [1.54, 1.807) is 6.07 Å². The Balaban J connectivity index is 4.33. The highest BCUT2D eigenvalue weighted by molar-refractivity contribution is 5.77. The van der Waals surface area contributed by atoms with Crippen molar-refractivity contribution in [3.05, 3.63) is 11.6 Å². The molecule has 0 N–H and O–H groups in total. The summed E-state index contributed by atoms with van der Waals surface area (Å²) in [6, 6.07) is 1.75. The molecular formula is C9H11NO4. The van der Waals surface area contributed by atoms with Gasteiger partial charge in [-0.15, -0.1) is 0 Å². The van der Waals surface area contributed by atoms with E-state index >= 15 is 0 Å². The maximum Gasteiger partial charge on any atom is 0.309 e. The normalized spacial score (nSPS) is 8.36. The van der Waals surface area contributed by atoms with Gasteiger partial charge in [-0.05, 0) is 5.57 Å². The number of rotatable bonds is 4. The second kappa shape index (κ2) is 6.66. The van der Waals surface area contributed by atoms with Gasteiger partial charge in [-0.1, -0.05) is 0 Å². The second-order valence-corrected chi connectivity index (χ2v) is 2.44. The number of esters is 2. The number of hydrogen-bond donors (Lipinski definition) is 0. The predicted octanol–water partition coefficient (Wildman–Crippen LogP) is 0.563. The summed E-state index contributed by atoms with van der Waals surface area (Å²) in [5, 5.41) is 8.38. The van der Waals surface area contributed by atoms with Crippen molar-refractivity contribution in [2.24, 2.45) is 0 Å². The molecule has 0 saturated carbocycles. The van der Waals surface area contributed by atoms with Gasteiger partial charge in [0.15, 0.2) is 0 Å². The van der Waals surface area contributed by atoms with E-state index < -0.39 is 11.9 Å². The molecule has 0 amide bonds. The Hall–Kier alpha value is -1.83. The molecule has 76 valence electrons. The number of nitrogens with zero attached hydrogens (tertiary/aromatic N) is 1. The van der Waals surface area contributed by atoms with E-state index in [-0.39, 0.29) is 12.8 Å². The van der Waals surface area contributed by atoms with Gasteiger partial charge in [-0.25, -0.2) is 0 Å². The molecule has 5 heteroatoms. The molecule has 0 aromatic rings. The highest BCUT2D eigenvalue weighted by Gasteiger charge is 2.10. The maximum absolute atomic E-state index is 10.8. The Bertz CT molecular complexity index is 268. The number of allylic oxidation sites excluding steroid dienone is 1. The Kier molecular flexibility index (Phi) is 5.79. The van der Waals surface area contributed by atoms with Crippen LogP contribution in [0.4, 0.5) is 0 Å². The lowest BCUT2D eigenvalue weighted by atomic mass is 10.1. The van der Waals surface area contributed by atoms with Crippen molar-refractivity contribution in [1.82, 2.24) is 0 Å². The fraction of sp³-hybridized carbons (Fsp3) is 0.444. The number of carbonyl (C=O) groups is 2. The van der Waals surface area contributed by atoms with Gasteiger partial charge in [0.25, 0.3) is 0 Å². The summed E-state index contributed by atoms with van der Waals surface area (Å²) in [4.78, 5) is 21.7. The molecule has 0 bridgehead atoms. The highest BCUT2D eigenvalue weighted by atomic mass is 16.5. The first kappa shape index (κ1) is 12.2. The van der Waals surface area contributed by atoms with Gasteiger partial charge in [0, 0.05) is 6.08 Å². The lowest BCUT2D eigenvalue weighted by Gasteiger charge is -2.02. The largest absolute Gasteiger partial charge is 0.469 e. The summed E-state index contributed by atoms with van der Waals surface area (Å²) >= 11 is 0. The quantitative estimate of drug-likeness (QED) is 0.486. The summed E-state index contributed by atoms with van der Waals surface area (Å²) in [5.41, 5.74) is 0.381. The molecule has 0 atom stereocenters. The van der Waals surface area contributed by atoms with Crippen molar-refractivity contribution in [3.8, 4) is 6.07 Å². The van der Waals surface area contributed by atoms with Crippen LogP contribution < -0.4 is 0 Å². The van der Waals surface area contributed by atoms with Crippen LogP contribution in [0.2, 0.25) is 0 Å². The summed E-state index contributed by atoms with van der Waals surface area (Å²) in [7, 11) is 2.48. The van der Waals surface area contributed by atoms with E-state index in [9.17, 15) is 9.59 Å². The first-order valence-electron chi connectivity index (χ1n) is 3.85. The molecule has 0 spiro atoms. The third-order valence-corrected chi connectivity index (χ3v) is 1.47. The van der Waals surface area contributed by atoms with Gasteiger partial charge in [-0.2, -0.15) is 5.26 Å². The summed E-state index contributed by atoms with van der Waals surface area (Å²) in [5.74, 6) is -0.981. The zero-order valence-corrected chi connectivity index (χ0v) is 8.07. The lowest BCUT2D eigenvalue weighted by molar-refractivity contribution is -0.140. The van der Waals surface area contributed by atoms with E-state index in [4.69, 9.17) is 5.26 Å². The van der Waals surface area contributed by atoms with Crippen molar-refractivity contribution in [1.29, 1.82) is 5.26 Å². The molecule has 0 heterocycles. The van der Waals surface area contributed by atoms with Crippen LogP contribution in [0, 0.1) is 11.3 Å². The zero-order chi connectivity index (χ0) is 11.0. The van der Waals surface area contributed by atoms with Crippen LogP contribution >= 0.6 is 0 Å². The molecule has 14 heavy (non-hydrogen) atoms. The van der Waals surface area contributed by atoms with Crippen molar-refractivity contribution >= 4 is 11.9 Å². The van der Waals surface area contributed by atoms with Crippen LogP contribution in [0.1, 0.15) is 12.8 Å². The molecule has 0 aromatic heterocycles. The van der Waals surface area contributed by atoms with E-state index in [0.717, 1.165) is 6.08 Å². The smallest absolute Gasteiger partial charge is 0.309 e. The van der Waals surface area contributed by atoms with Crippen molar-refractivity contribution in [2.45, 2.75) is 12.8 Å². The average molecular weight is 197 g/mol. The molecule has 0 radical (unpaired) electrons. The number of ether oxygens (including phenoxy) is 2. The van der Waals surface area contributed by atoms with Crippen LogP contribution in [0.25, 0.3) is 0 Å². The number of methoxy groups -OCH3 is 2. The first-order chi connectivity index (χ1) is 6.63. The van der Waals surface area contributed by atoms with Gasteiger partial charge in [-0.3, -0.25) is 9.59 Å². The minimum Gasteiger partial charge on any atom is -0.469 e. The molecule has 0 aliphatic carbocycles. The zero-order valence-electron chi connectivity index (χ0n) is 8.07. The molecule has 0 aliphatic heterocycles. The third-order valence-electron chi connectivity index (χ3n) is 1.47. The van der Waals surface area contributed by atoms with Crippen molar-refractivity contribution in [2.75, 3.05) is 14.2 Å².